The molecule has 0 saturated heterocycles. The first kappa shape index (κ1) is 21.9. The van der Waals surface area contributed by atoms with E-state index >= 15 is 0 Å². The van der Waals surface area contributed by atoms with Crippen LogP contribution in [0.15, 0.2) is 42.6 Å². The van der Waals surface area contributed by atoms with Crippen LogP contribution in [0.5, 0.6) is 5.75 Å². The topological polar surface area (TPSA) is 54.8 Å². The fraction of sp³-hybridized carbons (Fsp3) is 0.500. The van der Waals surface area contributed by atoms with E-state index in [1.54, 1.807) is 12.0 Å². The summed E-state index contributed by atoms with van der Waals surface area (Å²) >= 11 is 0. The summed E-state index contributed by atoms with van der Waals surface area (Å²) in [5, 5.41) is 0. The van der Waals surface area contributed by atoms with Crippen molar-refractivity contribution >= 4 is 11.8 Å². The SMILES string of the molecule is COc1cccc(C2c3cccn3CCN2C(=O)CN(C(=O)C(C)C)C(C)(C)C)c1. The lowest BCUT2D eigenvalue weighted by atomic mass is 9.98. The van der Waals surface area contributed by atoms with E-state index in [0.29, 0.717) is 6.54 Å². The van der Waals surface area contributed by atoms with Gasteiger partial charge < -0.3 is 19.1 Å². The van der Waals surface area contributed by atoms with Gasteiger partial charge in [0.05, 0.1) is 13.2 Å². The zero-order valence-corrected chi connectivity index (χ0v) is 18.9. The van der Waals surface area contributed by atoms with Crippen LogP contribution in [0.2, 0.25) is 0 Å². The van der Waals surface area contributed by atoms with E-state index in [1.165, 1.54) is 0 Å². The smallest absolute Gasteiger partial charge is 0.243 e. The minimum absolute atomic E-state index is 0.00540. The Labute approximate surface area is 179 Å². The summed E-state index contributed by atoms with van der Waals surface area (Å²) < 4.78 is 7.60. The van der Waals surface area contributed by atoms with Crippen LogP contribution in [-0.2, 0) is 16.1 Å². The summed E-state index contributed by atoms with van der Waals surface area (Å²) in [6, 6.07) is 11.7. The van der Waals surface area contributed by atoms with Crippen molar-refractivity contribution in [1.29, 1.82) is 0 Å². The number of hydrogen-bond donors (Lipinski definition) is 0. The fourth-order valence-corrected chi connectivity index (χ4v) is 4.00. The highest BCUT2D eigenvalue weighted by molar-refractivity contribution is 5.86. The first-order chi connectivity index (χ1) is 14.1. The Balaban J connectivity index is 1.96. The molecule has 0 bridgehead atoms. The molecule has 0 fully saturated rings. The Bertz CT molecular complexity index is 910. The predicted molar refractivity (Wildman–Crippen MR) is 117 cm³/mol. The van der Waals surface area contributed by atoms with Gasteiger partial charge >= 0.3 is 0 Å². The van der Waals surface area contributed by atoms with Crippen molar-refractivity contribution in [3.05, 3.63) is 53.9 Å². The predicted octanol–water partition coefficient (Wildman–Crippen LogP) is 3.71. The Morgan fingerprint density at radius 1 is 1.17 bits per heavy atom. The monoisotopic (exact) mass is 411 g/mol. The first-order valence-electron chi connectivity index (χ1n) is 10.5. The molecule has 1 unspecified atom stereocenters. The van der Waals surface area contributed by atoms with Crippen LogP contribution >= 0.6 is 0 Å². The van der Waals surface area contributed by atoms with Gasteiger partial charge in [0.1, 0.15) is 12.3 Å². The van der Waals surface area contributed by atoms with Crippen LogP contribution in [0, 0.1) is 5.92 Å². The average molecular weight is 412 g/mol. The molecule has 2 amide bonds. The summed E-state index contributed by atoms with van der Waals surface area (Å²) in [6.07, 6.45) is 2.05. The molecule has 1 aromatic heterocycles. The van der Waals surface area contributed by atoms with Crippen molar-refractivity contribution in [3.8, 4) is 5.75 Å². The molecule has 162 valence electrons. The lowest BCUT2D eigenvalue weighted by molar-refractivity contribution is -0.148. The minimum Gasteiger partial charge on any atom is -0.497 e. The molecule has 0 radical (unpaired) electrons. The number of ether oxygens (including phenoxy) is 1. The first-order valence-corrected chi connectivity index (χ1v) is 10.5. The number of hydrogen-bond acceptors (Lipinski definition) is 3. The second-order valence-electron chi connectivity index (χ2n) is 9.14. The molecule has 6 heteroatoms. The van der Waals surface area contributed by atoms with Gasteiger partial charge in [-0.1, -0.05) is 26.0 Å². The molecule has 1 aliphatic heterocycles. The quantitative estimate of drug-likeness (QED) is 0.754. The van der Waals surface area contributed by atoms with E-state index in [9.17, 15) is 9.59 Å². The third-order valence-corrected chi connectivity index (χ3v) is 5.63. The van der Waals surface area contributed by atoms with Gasteiger partial charge in [0.2, 0.25) is 11.8 Å². The van der Waals surface area contributed by atoms with Crippen molar-refractivity contribution in [2.45, 2.75) is 52.7 Å². The van der Waals surface area contributed by atoms with Crippen LogP contribution in [0.4, 0.5) is 0 Å². The van der Waals surface area contributed by atoms with Gasteiger partial charge in [0.15, 0.2) is 0 Å². The van der Waals surface area contributed by atoms with Crippen molar-refractivity contribution in [3.63, 3.8) is 0 Å². The lowest BCUT2D eigenvalue weighted by Gasteiger charge is -2.41. The third-order valence-electron chi connectivity index (χ3n) is 5.63. The van der Waals surface area contributed by atoms with Crippen molar-refractivity contribution in [1.82, 2.24) is 14.4 Å². The van der Waals surface area contributed by atoms with Gasteiger partial charge in [0, 0.05) is 36.4 Å². The molecule has 3 rings (SSSR count). The summed E-state index contributed by atoms with van der Waals surface area (Å²) in [4.78, 5) is 30.0. The molecule has 30 heavy (non-hydrogen) atoms. The number of methoxy groups -OCH3 is 1. The van der Waals surface area contributed by atoms with Crippen LogP contribution < -0.4 is 4.74 Å². The van der Waals surface area contributed by atoms with Gasteiger partial charge in [0.25, 0.3) is 0 Å². The molecule has 0 saturated carbocycles. The van der Waals surface area contributed by atoms with Crippen molar-refractivity contribution in [2.75, 3.05) is 20.2 Å². The highest BCUT2D eigenvalue weighted by Gasteiger charge is 2.36. The van der Waals surface area contributed by atoms with Gasteiger partial charge in [-0.05, 0) is 50.6 Å². The number of carbonyl (C=O) groups excluding carboxylic acids is 2. The third kappa shape index (κ3) is 4.37. The molecule has 2 aromatic rings. The number of carbonyl (C=O) groups is 2. The Kier molecular flexibility index (Phi) is 6.25. The largest absolute Gasteiger partial charge is 0.497 e. The minimum atomic E-state index is -0.432. The van der Waals surface area contributed by atoms with Crippen molar-refractivity contribution in [2.24, 2.45) is 5.92 Å². The summed E-state index contributed by atoms with van der Waals surface area (Å²) in [7, 11) is 1.64. The maximum Gasteiger partial charge on any atom is 0.243 e. The van der Waals surface area contributed by atoms with Crippen LogP contribution in [0.1, 0.15) is 51.9 Å². The van der Waals surface area contributed by atoms with Crippen molar-refractivity contribution < 1.29 is 14.3 Å². The molecule has 0 N–H and O–H groups in total. The molecule has 0 aliphatic carbocycles. The van der Waals surface area contributed by atoms with E-state index in [0.717, 1.165) is 23.6 Å². The Morgan fingerprint density at radius 2 is 1.90 bits per heavy atom. The lowest BCUT2D eigenvalue weighted by Crippen LogP contribution is -2.54. The molecular weight excluding hydrogens is 378 g/mol. The van der Waals surface area contributed by atoms with E-state index in [2.05, 4.69) is 10.6 Å². The number of aromatic nitrogens is 1. The second kappa shape index (κ2) is 8.54. The number of amides is 2. The fourth-order valence-electron chi connectivity index (χ4n) is 4.00. The van der Waals surface area contributed by atoms with Gasteiger partial charge in [-0.2, -0.15) is 0 Å². The number of benzene rings is 1. The summed E-state index contributed by atoms with van der Waals surface area (Å²) in [5.41, 5.74) is 1.64. The van der Waals surface area contributed by atoms with Crippen LogP contribution in [-0.4, -0.2) is 51.9 Å². The van der Waals surface area contributed by atoms with Gasteiger partial charge in [-0.25, -0.2) is 0 Å². The average Bonchev–Trinajstić information content (AvgIpc) is 3.18. The zero-order chi connectivity index (χ0) is 22.1. The number of nitrogens with zero attached hydrogens (tertiary/aromatic N) is 3. The number of rotatable bonds is 5. The summed E-state index contributed by atoms with van der Waals surface area (Å²) in [6.45, 7) is 11.1. The van der Waals surface area contributed by atoms with E-state index in [1.807, 2.05) is 76.0 Å². The molecule has 2 heterocycles. The van der Waals surface area contributed by atoms with E-state index in [-0.39, 0.29) is 30.3 Å². The normalized spacial score (nSPS) is 16.4. The summed E-state index contributed by atoms with van der Waals surface area (Å²) in [5.74, 6) is 0.549. The standard InChI is InChI=1S/C24H33N3O3/c1-17(2)23(29)27(24(3,4)5)16-21(28)26-14-13-25-12-8-11-20(25)22(26)18-9-7-10-19(15-18)30-6/h7-12,15,17,22H,13-14,16H2,1-6H3. The van der Waals surface area contributed by atoms with E-state index < -0.39 is 5.54 Å². The molecule has 1 aromatic carbocycles. The Hall–Kier alpha value is -2.76. The van der Waals surface area contributed by atoms with Crippen LogP contribution in [0.25, 0.3) is 0 Å². The molecule has 6 nitrogen and oxygen atoms in total. The molecular formula is C24H33N3O3. The Morgan fingerprint density at radius 3 is 2.53 bits per heavy atom. The maximum absolute atomic E-state index is 13.5. The van der Waals surface area contributed by atoms with Crippen LogP contribution in [0.3, 0.4) is 0 Å². The highest BCUT2D eigenvalue weighted by Crippen LogP contribution is 2.34. The van der Waals surface area contributed by atoms with Gasteiger partial charge in [-0.3, -0.25) is 9.59 Å². The van der Waals surface area contributed by atoms with Gasteiger partial charge in [-0.15, -0.1) is 0 Å². The second-order valence-corrected chi connectivity index (χ2v) is 9.14. The highest BCUT2D eigenvalue weighted by atomic mass is 16.5. The molecule has 1 aliphatic rings. The number of fused-ring (bicyclic) bond motifs is 1. The zero-order valence-electron chi connectivity index (χ0n) is 18.9. The van der Waals surface area contributed by atoms with E-state index in [4.69, 9.17) is 4.74 Å². The molecule has 0 spiro atoms. The molecule has 1 atom stereocenters. The maximum atomic E-state index is 13.5.